The Labute approximate surface area is 119 Å². The molecule has 0 atom stereocenters. The van der Waals surface area contributed by atoms with E-state index in [9.17, 15) is 16.8 Å². The molecule has 0 fully saturated rings. The molecule has 0 bridgehead atoms. The highest BCUT2D eigenvalue weighted by Crippen LogP contribution is 2.13. The van der Waals surface area contributed by atoms with Crippen LogP contribution in [0.2, 0.25) is 0 Å². The number of rotatable bonds is 8. The Bertz CT molecular complexity index is 636. The summed E-state index contributed by atoms with van der Waals surface area (Å²) < 4.78 is 49.1. The molecule has 0 saturated heterocycles. The normalized spacial score (nSPS) is 13.0. The molecule has 0 spiro atoms. The molecule has 20 heavy (non-hydrogen) atoms. The Hall–Kier alpha value is -0.970. The van der Waals surface area contributed by atoms with Gasteiger partial charge >= 0.3 is 0 Å². The van der Waals surface area contributed by atoms with Gasteiger partial charge in [-0.3, -0.25) is 4.68 Å². The van der Waals surface area contributed by atoms with Gasteiger partial charge in [0, 0.05) is 32.6 Å². The SMILES string of the molecule is CNCCn1cc(S(=O)(=O)N(C)CCS(C)(=O)=O)cn1. The van der Waals surface area contributed by atoms with E-state index in [1.807, 2.05) is 0 Å². The highest BCUT2D eigenvalue weighted by atomic mass is 32.2. The smallest absolute Gasteiger partial charge is 0.245 e. The van der Waals surface area contributed by atoms with Crippen molar-refractivity contribution < 1.29 is 16.8 Å². The number of nitrogens with one attached hydrogen (secondary N) is 1. The third kappa shape index (κ3) is 4.85. The summed E-state index contributed by atoms with van der Waals surface area (Å²) in [6.07, 6.45) is 3.77. The molecule has 0 aliphatic heterocycles. The van der Waals surface area contributed by atoms with E-state index in [4.69, 9.17) is 0 Å². The van der Waals surface area contributed by atoms with Gasteiger partial charge < -0.3 is 5.32 Å². The molecule has 10 heteroatoms. The van der Waals surface area contributed by atoms with Crippen LogP contribution in [0.5, 0.6) is 0 Å². The fraction of sp³-hybridized carbons (Fsp3) is 0.700. The van der Waals surface area contributed by atoms with E-state index < -0.39 is 19.9 Å². The summed E-state index contributed by atoms with van der Waals surface area (Å²) in [4.78, 5) is 0.0598. The van der Waals surface area contributed by atoms with E-state index in [1.54, 1.807) is 7.05 Å². The van der Waals surface area contributed by atoms with E-state index >= 15 is 0 Å². The number of hydrogen-bond donors (Lipinski definition) is 1. The molecule has 0 aliphatic carbocycles. The zero-order valence-electron chi connectivity index (χ0n) is 11.8. The first-order valence-corrected chi connectivity index (χ1v) is 9.48. The summed E-state index contributed by atoms with van der Waals surface area (Å²) in [7, 11) is -3.76. The van der Waals surface area contributed by atoms with Crippen LogP contribution < -0.4 is 5.32 Å². The van der Waals surface area contributed by atoms with Crippen LogP contribution in [0.4, 0.5) is 0 Å². The van der Waals surface area contributed by atoms with Crippen molar-refractivity contribution in [1.82, 2.24) is 19.4 Å². The lowest BCUT2D eigenvalue weighted by Crippen LogP contribution is -2.31. The molecule has 0 aromatic carbocycles. The quantitative estimate of drug-likeness (QED) is 0.642. The summed E-state index contributed by atoms with van der Waals surface area (Å²) in [5.41, 5.74) is 0. The van der Waals surface area contributed by atoms with Crippen LogP contribution in [0.3, 0.4) is 0 Å². The lowest BCUT2D eigenvalue weighted by Gasteiger charge is -2.15. The van der Waals surface area contributed by atoms with Crippen LogP contribution in [0, 0.1) is 0 Å². The molecule has 1 rings (SSSR count). The van der Waals surface area contributed by atoms with E-state index in [1.165, 1.54) is 24.1 Å². The van der Waals surface area contributed by atoms with Crippen LogP contribution in [0.15, 0.2) is 17.3 Å². The molecule has 0 saturated carbocycles. The third-order valence-electron chi connectivity index (χ3n) is 2.69. The zero-order valence-corrected chi connectivity index (χ0v) is 13.4. The number of likely N-dealkylation sites (N-methyl/N-ethyl adjacent to an activating group) is 1. The average Bonchev–Trinajstić information content (AvgIpc) is 2.81. The summed E-state index contributed by atoms with van der Waals surface area (Å²) in [6.45, 7) is 1.15. The zero-order chi connectivity index (χ0) is 15.4. The van der Waals surface area contributed by atoms with Gasteiger partial charge in [-0.05, 0) is 7.05 Å². The Morgan fingerprint density at radius 3 is 2.55 bits per heavy atom. The maximum Gasteiger partial charge on any atom is 0.245 e. The maximum absolute atomic E-state index is 12.2. The summed E-state index contributed by atoms with van der Waals surface area (Å²) in [5, 5.41) is 6.90. The van der Waals surface area contributed by atoms with E-state index in [-0.39, 0.29) is 17.2 Å². The number of sulfone groups is 1. The number of aromatic nitrogens is 2. The van der Waals surface area contributed by atoms with E-state index in [0.717, 1.165) is 10.6 Å². The van der Waals surface area contributed by atoms with Gasteiger partial charge in [-0.2, -0.15) is 9.40 Å². The van der Waals surface area contributed by atoms with Crippen molar-refractivity contribution in [2.24, 2.45) is 0 Å². The van der Waals surface area contributed by atoms with Gasteiger partial charge in [-0.15, -0.1) is 0 Å². The fourth-order valence-electron chi connectivity index (χ4n) is 1.42. The van der Waals surface area contributed by atoms with Crippen molar-refractivity contribution in [2.75, 3.05) is 39.2 Å². The second-order valence-electron chi connectivity index (χ2n) is 4.50. The first-order chi connectivity index (χ1) is 9.16. The fourth-order valence-corrected chi connectivity index (χ4v) is 3.27. The maximum atomic E-state index is 12.2. The van der Waals surface area contributed by atoms with Crippen molar-refractivity contribution in [3.05, 3.63) is 12.4 Å². The highest BCUT2D eigenvalue weighted by Gasteiger charge is 2.23. The van der Waals surface area contributed by atoms with Crippen LogP contribution in [0.1, 0.15) is 0 Å². The number of nitrogens with zero attached hydrogens (tertiary/aromatic N) is 3. The minimum Gasteiger partial charge on any atom is -0.318 e. The Kier molecular flexibility index (Phi) is 5.68. The predicted molar refractivity (Wildman–Crippen MR) is 75.7 cm³/mol. The number of hydrogen-bond acceptors (Lipinski definition) is 6. The summed E-state index contributed by atoms with van der Waals surface area (Å²) >= 11 is 0. The predicted octanol–water partition coefficient (Wildman–Crippen LogP) is -1.23. The van der Waals surface area contributed by atoms with E-state index in [2.05, 4.69) is 10.4 Å². The molecule has 1 N–H and O–H groups in total. The van der Waals surface area contributed by atoms with Gasteiger partial charge in [0.15, 0.2) is 0 Å². The van der Waals surface area contributed by atoms with Gasteiger partial charge in [0.05, 0.1) is 18.5 Å². The molecule has 1 aromatic rings. The topological polar surface area (TPSA) is 101 Å². The highest BCUT2D eigenvalue weighted by molar-refractivity contribution is 7.91. The minimum atomic E-state index is -3.70. The monoisotopic (exact) mass is 324 g/mol. The minimum absolute atomic E-state index is 0.0598. The summed E-state index contributed by atoms with van der Waals surface area (Å²) in [6, 6.07) is 0. The van der Waals surface area contributed by atoms with Crippen LogP contribution in [-0.4, -0.2) is 70.1 Å². The lowest BCUT2D eigenvalue weighted by molar-refractivity contribution is 0.484. The van der Waals surface area contributed by atoms with Crippen molar-refractivity contribution in [1.29, 1.82) is 0 Å². The standard InChI is InChI=1S/C10H20N4O4S2/c1-11-4-5-14-9-10(8-12-14)20(17,18)13(2)6-7-19(3,15)16/h8-9,11H,4-7H2,1-3H3. The largest absolute Gasteiger partial charge is 0.318 e. The Morgan fingerprint density at radius 2 is 2.00 bits per heavy atom. The summed E-state index contributed by atoms with van der Waals surface area (Å²) in [5.74, 6) is -0.212. The Balaban J connectivity index is 2.79. The van der Waals surface area contributed by atoms with E-state index in [0.29, 0.717) is 13.1 Å². The van der Waals surface area contributed by atoms with Gasteiger partial charge in [0.25, 0.3) is 0 Å². The number of sulfonamides is 1. The van der Waals surface area contributed by atoms with Crippen molar-refractivity contribution >= 4 is 19.9 Å². The van der Waals surface area contributed by atoms with Gasteiger partial charge in [-0.1, -0.05) is 0 Å². The Morgan fingerprint density at radius 1 is 1.35 bits per heavy atom. The van der Waals surface area contributed by atoms with Crippen molar-refractivity contribution in [3.63, 3.8) is 0 Å². The van der Waals surface area contributed by atoms with Crippen molar-refractivity contribution in [3.8, 4) is 0 Å². The molecule has 0 radical (unpaired) electrons. The van der Waals surface area contributed by atoms with Gasteiger partial charge in [0.2, 0.25) is 10.0 Å². The average molecular weight is 324 g/mol. The second-order valence-corrected chi connectivity index (χ2v) is 8.80. The molecule has 0 unspecified atom stereocenters. The molecule has 1 heterocycles. The van der Waals surface area contributed by atoms with Crippen molar-refractivity contribution in [2.45, 2.75) is 11.4 Å². The first kappa shape index (κ1) is 17.1. The van der Waals surface area contributed by atoms with Crippen LogP contribution in [0.25, 0.3) is 0 Å². The molecule has 0 amide bonds. The molecule has 1 aromatic heterocycles. The first-order valence-electron chi connectivity index (χ1n) is 5.98. The van der Waals surface area contributed by atoms with Gasteiger partial charge in [-0.25, -0.2) is 16.8 Å². The molecule has 0 aliphatic rings. The molecular formula is C10H20N4O4S2. The van der Waals surface area contributed by atoms with Crippen LogP contribution in [-0.2, 0) is 26.4 Å². The van der Waals surface area contributed by atoms with Gasteiger partial charge in [0.1, 0.15) is 14.7 Å². The second kappa shape index (κ2) is 6.66. The third-order valence-corrected chi connectivity index (χ3v) is 5.42. The molecular weight excluding hydrogens is 304 g/mol. The lowest BCUT2D eigenvalue weighted by atomic mass is 10.6. The molecule has 116 valence electrons. The molecule has 8 nitrogen and oxygen atoms in total. The van der Waals surface area contributed by atoms with Crippen LogP contribution >= 0.6 is 0 Å².